The van der Waals surface area contributed by atoms with Crippen molar-refractivity contribution in [1.29, 1.82) is 0 Å². The van der Waals surface area contributed by atoms with E-state index in [1.165, 1.54) is 0 Å². The lowest BCUT2D eigenvalue weighted by Gasteiger charge is -2.11. The predicted molar refractivity (Wildman–Crippen MR) is 111 cm³/mol. The van der Waals surface area contributed by atoms with Crippen molar-refractivity contribution < 1.29 is 14.3 Å². The molecule has 1 aliphatic rings. The Morgan fingerprint density at radius 2 is 2.14 bits per heavy atom. The molecule has 2 N–H and O–H groups in total. The maximum absolute atomic E-state index is 12.5. The second kappa shape index (κ2) is 7.60. The molecule has 7 nitrogen and oxygen atoms in total. The Morgan fingerprint density at radius 3 is 2.90 bits per heavy atom. The number of ether oxygens (including phenoxy) is 1. The van der Waals surface area contributed by atoms with Crippen molar-refractivity contribution in [1.82, 2.24) is 9.78 Å². The molecule has 0 saturated carbocycles. The number of fused-ring (bicyclic) bond motifs is 1. The fraction of sp³-hybridized carbons (Fsp3) is 0.190. The van der Waals surface area contributed by atoms with Crippen molar-refractivity contribution in [3.63, 3.8) is 0 Å². The quantitative estimate of drug-likeness (QED) is 0.664. The van der Waals surface area contributed by atoms with Crippen molar-refractivity contribution in [2.24, 2.45) is 0 Å². The molecule has 2 aromatic carbocycles. The van der Waals surface area contributed by atoms with Crippen LogP contribution in [0.25, 0.3) is 11.1 Å². The van der Waals surface area contributed by atoms with Gasteiger partial charge in [-0.2, -0.15) is 5.10 Å². The maximum Gasteiger partial charge on any atom is 0.251 e. The monoisotopic (exact) mass is 410 g/mol. The zero-order valence-electron chi connectivity index (χ0n) is 15.9. The zero-order chi connectivity index (χ0) is 20.5. The number of aromatic nitrogens is 2. The van der Waals surface area contributed by atoms with E-state index in [1.54, 1.807) is 30.1 Å². The normalized spacial score (nSPS) is 15.0. The number of aryl methyl sites for hydroxylation is 1. The standard InChI is InChI=1S/C21H19ClN4O3/c1-12-6-7-17(16(22)8-12)24-19(27)10-18-21(28)25-20-15(11-23-26(18)20)13-4-3-5-14(9-13)29-2/h3-9,11,18H,10H2,1-2H3,(H,24,27)(H,25,28). The lowest BCUT2D eigenvalue weighted by molar-refractivity contribution is -0.123. The number of halogens is 1. The number of anilines is 2. The average Bonchev–Trinajstić information content (AvgIpc) is 3.23. The number of methoxy groups -OCH3 is 1. The first-order valence-corrected chi connectivity index (χ1v) is 9.43. The van der Waals surface area contributed by atoms with E-state index in [-0.39, 0.29) is 18.2 Å². The molecule has 148 valence electrons. The van der Waals surface area contributed by atoms with E-state index in [4.69, 9.17) is 16.3 Å². The van der Waals surface area contributed by atoms with Crippen LogP contribution >= 0.6 is 11.6 Å². The van der Waals surface area contributed by atoms with Gasteiger partial charge in [0.1, 0.15) is 17.6 Å². The van der Waals surface area contributed by atoms with Gasteiger partial charge in [0.2, 0.25) is 5.91 Å². The van der Waals surface area contributed by atoms with Gasteiger partial charge in [-0.15, -0.1) is 0 Å². The number of nitrogens with zero attached hydrogens (tertiary/aromatic N) is 2. The van der Waals surface area contributed by atoms with E-state index in [2.05, 4.69) is 15.7 Å². The molecule has 2 heterocycles. The summed E-state index contributed by atoms with van der Waals surface area (Å²) in [5.74, 6) is 0.677. The molecule has 1 unspecified atom stereocenters. The number of hydrogen-bond donors (Lipinski definition) is 2. The van der Waals surface area contributed by atoms with Crippen LogP contribution in [0, 0.1) is 6.92 Å². The predicted octanol–water partition coefficient (Wildman–Crippen LogP) is 4.04. The third-order valence-electron chi connectivity index (χ3n) is 4.79. The van der Waals surface area contributed by atoms with Gasteiger partial charge in [-0.25, -0.2) is 4.68 Å². The maximum atomic E-state index is 12.5. The summed E-state index contributed by atoms with van der Waals surface area (Å²) in [5.41, 5.74) is 3.14. The van der Waals surface area contributed by atoms with E-state index in [0.717, 1.165) is 16.7 Å². The molecule has 0 saturated heterocycles. The lowest BCUT2D eigenvalue weighted by atomic mass is 10.1. The van der Waals surface area contributed by atoms with Crippen LogP contribution in [-0.2, 0) is 9.59 Å². The fourth-order valence-electron chi connectivity index (χ4n) is 3.31. The summed E-state index contributed by atoms with van der Waals surface area (Å²) in [4.78, 5) is 25.0. The molecule has 8 heteroatoms. The number of nitrogens with one attached hydrogen (secondary N) is 2. The minimum Gasteiger partial charge on any atom is -0.497 e. The van der Waals surface area contributed by atoms with Crippen LogP contribution in [0.15, 0.2) is 48.7 Å². The number of carbonyl (C=O) groups excluding carboxylic acids is 2. The summed E-state index contributed by atoms with van der Waals surface area (Å²) in [7, 11) is 1.60. The molecule has 0 spiro atoms. The SMILES string of the molecule is COc1cccc(-c2cnn3c2NC(=O)C3CC(=O)Nc2ccc(C)cc2Cl)c1. The van der Waals surface area contributed by atoms with Gasteiger partial charge >= 0.3 is 0 Å². The van der Waals surface area contributed by atoms with E-state index in [9.17, 15) is 9.59 Å². The van der Waals surface area contributed by atoms with Gasteiger partial charge in [-0.3, -0.25) is 9.59 Å². The van der Waals surface area contributed by atoms with E-state index in [0.29, 0.717) is 22.3 Å². The molecule has 4 rings (SSSR count). The number of amides is 2. The van der Waals surface area contributed by atoms with Gasteiger partial charge in [0.15, 0.2) is 0 Å². The Balaban J connectivity index is 1.54. The summed E-state index contributed by atoms with van der Waals surface area (Å²) in [5, 5.41) is 10.4. The molecule has 0 radical (unpaired) electrons. The molecule has 1 atom stereocenters. The highest BCUT2D eigenvalue weighted by atomic mass is 35.5. The van der Waals surface area contributed by atoms with Gasteiger partial charge in [-0.05, 0) is 42.3 Å². The van der Waals surface area contributed by atoms with Crippen LogP contribution in [0.2, 0.25) is 5.02 Å². The largest absolute Gasteiger partial charge is 0.497 e. The van der Waals surface area contributed by atoms with Crippen LogP contribution in [0.3, 0.4) is 0 Å². The van der Waals surface area contributed by atoms with Crippen LogP contribution in [-0.4, -0.2) is 28.7 Å². The second-order valence-corrected chi connectivity index (χ2v) is 7.23. The third-order valence-corrected chi connectivity index (χ3v) is 5.11. The smallest absolute Gasteiger partial charge is 0.251 e. The third kappa shape index (κ3) is 3.69. The van der Waals surface area contributed by atoms with Gasteiger partial charge < -0.3 is 15.4 Å². The van der Waals surface area contributed by atoms with Gasteiger partial charge in [-0.1, -0.05) is 29.8 Å². The number of carbonyl (C=O) groups is 2. The summed E-state index contributed by atoms with van der Waals surface area (Å²) in [6.07, 6.45) is 1.62. The summed E-state index contributed by atoms with van der Waals surface area (Å²) < 4.78 is 6.81. The summed E-state index contributed by atoms with van der Waals surface area (Å²) in [6, 6.07) is 12.1. The Morgan fingerprint density at radius 1 is 1.31 bits per heavy atom. The topological polar surface area (TPSA) is 85.2 Å². The fourth-order valence-corrected chi connectivity index (χ4v) is 3.60. The summed E-state index contributed by atoms with van der Waals surface area (Å²) >= 11 is 6.17. The molecule has 0 fully saturated rings. The first kappa shape index (κ1) is 19.0. The van der Waals surface area contributed by atoms with Crippen molar-refractivity contribution in [2.45, 2.75) is 19.4 Å². The zero-order valence-corrected chi connectivity index (χ0v) is 16.7. The minimum atomic E-state index is -0.728. The highest BCUT2D eigenvalue weighted by molar-refractivity contribution is 6.33. The Labute approximate surface area is 172 Å². The average molecular weight is 411 g/mol. The highest BCUT2D eigenvalue weighted by Crippen LogP contribution is 2.36. The second-order valence-electron chi connectivity index (χ2n) is 6.82. The van der Waals surface area contributed by atoms with Gasteiger partial charge in [0.05, 0.1) is 30.4 Å². The Hall–Kier alpha value is -3.32. The van der Waals surface area contributed by atoms with E-state index >= 15 is 0 Å². The molecule has 1 aromatic heterocycles. The van der Waals surface area contributed by atoms with Crippen molar-refractivity contribution in [3.05, 3.63) is 59.2 Å². The van der Waals surface area contributed by atoms with Crippen molar-refractivity contribution in [2.75, 3.05) is 17.7 Å². The molecular formula is C21H19ClN4O3. The molecule has 3 aromatic rings. The van der Waals surface area contributed by atoms with Gasteiger partial charge in [0.25, 0.3) is 5.91 Å². The van der Waals surface area contributed by atoms with Crippen LogP contribution in [0.5, 0.6) is 5.75 Å². The van der Waals surface area contributed by atoms with Crippen LogP contribution < -0.4 is 15.4 Å². The van der Waals surface area contributed by atoms with Crippen molar-refractivity contribution in [3.8, 4) is 16.9 Å². The Kier molecular flexibility index (Phi) is 4.98. The molecule has 0 aliphatic carbocycles. The Bertz CT molecular complexity index is 1110. The molecule has 0 bridgehead atoms. The van der Waals surface area contributed by atoms with E-state index in [1.807, 2.05) is 37.3 Å². The first-order chi connectivity index (χ1) is 14.0. The minimum absolute atomic E-state index is 0.0533. The molecule has 29 heavy (non-hydrogen) atoms. The number of hydrogen-bond acceptors (Lipinski definition) is 4. The number of benzene rings is 2. The molecular weight excluding hydrogens is 392 g/mol. The van der Waals surface area contributed by atoms with Gasteiger partial charge in [0, 0.05) is 5.56 Å². The van der Waals surface area contributed by atoms with Crippen molar-refractivity contribution >= 4 is 34.9 Å². The lowest BCUT2D eigenvalue weighted by Crippen LogP contribution is -2.23. The summed E-state index contributed by atoms with van der Waals surface area (Å²) in [6.45, 7) is 1.92. The van der Waals surface area contributed by atoms with Crippen LogP contribution in [0.1, 0.15) is 18.0 Å². The molecule has 2 amide bonds. The number of rotatable bonds is 5. The highest BCUT2D eigenvalue weighted by Gasteiger charge is 2.35. The molecule has 1 aliphatic heterocycles. The van der Waals surface area contributed by atoms with E-state index < -0.39 is 6.04 Å². The van der Waals surface area contributed by atoms with Crippen LogP contribution in [0.4, 0.5) is 11.5 Å². The first-order valence-electron chi connectivity index (χ1n) is 9.05.